The number of carboxylic acids is 2. The Morgan fingerprint density at radius 1 is 0.394 bits per heavy atom. The van der Waals surface area contributed by atoms with Gasteiger partial charge in [-0.1, -0.05) is 0 Å². The number of azo groups is 2. The van der Waals surface area contributed by atoms with E-state index in [9.17, 15) is 112 Å². The maximum absolute atomic E-state index is 13.5. The van der Waals surface area contributed by atoms with Crippen molar-refractivity contribution in [3.8, 4) is 0 Å². The first-order valence-electron chi connectivity index (χ1n) is 27.2. The molecule has 45 nitrogen and oxygen atoms in total. The molecule has 0 saturated heterocycles. The second-order valence-electron chi connectivity index (χ2n) is 20.4. The molecule has 4 amide bonds. The number of halogens is 2. The zero-order chi connectivity index (χ0) is 75.9. The van der Waals surface area contributed by atoms with Gasteiger partial charge in [-0.3, -0.25) is 36.9 Å². The van der Waals surface area contributed by atoms with Crippen molar-refractivity contribution >= 4 is 206 Å². The molecule has 53 heteroatoms. The molecule has 104 heavy (non-hydrogen) atoms. The van der Waals surface area contributed by atoms with Crippen LogP contribution in [0.25, 0.3) is 0 Å². The lowest BCUT2D eigenvalue weighted by atomic mass is 10.2. The largest absolute Gasteiger partial charge is 0.477 e. The highest BCUT2D eigenvalue weighted by Gasteiger charge is 2.43. The fourth-order valence-electron chi connectivity index (χ4n) is 8.83. The number of carbonyl (C=O) groups excluding carboxylic acids is 3. The number of benzene rings is 6. The van der Waals surface area contributed by atoms with Crippen LogP contribution >= 0.6 is 23.2 Å². The minimum atomic E-state index is -5.32. The molecule has 2 atom stereocenters. The molecular weight excluding hydrogens is 1560 g/mol. The molecule has 0 spiro atoms. The molecule has 8 aromatic rings. The Labute approximate surface area is 590 Å². The van der Waals surface area contributed by atoms with Crippen LogP contribution < -0.4 is 41.9 Å². The van der Waals surface area contributed by atoms with E-state index in [2.05, 4.69) is 92.5 Å². The van der Waals surface area contributed by atoms with Crippen molar-refractivity contribution < 1.29 is 112 Å². The number of hydrazone groups is 2. The third-order valence-electron chi connectivity index (χ3n) is 13.2. The summed E-state index contributed by atoms with van der Waals surface area (Å²) in [6.07, 6.45) is 0. The zero-order valence-corrected chi connectivity index (χ0v) is 56.6. The number of carbonyl (C=O) groups is 5. The van der Waals surface area contributed by atoms with E-state index >= 15 is 0 Å². The third kappa shape index (κ3) is 17.9. The fraction of sp³-hybridized carbons (Fsp3) is 0.0392. The van der Waals surface area contributed by atoms with Gasteiger partial charge in [0, 0.05) is 22.7 Å². The molecule has 2 aromatic heterocycles. The smallest absolute Gasteiger partial charge is 0.355 e. The first kappa shape index (κ1) is 74.9. The summed E-state index contributed by atoms with van der Waals surface area (Å²) in [5, 5.41) is 56.4. The van der Waals surface area contributed by atoms with Crippen molar-refractivity contribution in [1.82, 2.24) is 29.9 Å². The van der Waals surface area contributed by atoms with Gasteiger partial charge in [0.1, 0.15) is 9.79 Å². The zero-order valence-electron chi connectivity index (χ0n) is 50.2. The minimum absolute atomic E-state index is 0.172. The number of urea groups is 1. The number of nitrogens with one attached hydrogen (secondary N) is 6. The normalized spacial score (nSPS) is 15.2. The van der Waals surface area contributed by atoms with Crippen LogP contribution in [0.4, 0.5) is 85.5 Å². The van der Waals surface area contributed by atoms with Crippen LogP contribution in [0, 0.1) is 0 Å². The second kappa shape index (κ2) is 28.6. The molecule has 0 fully saturated rings. The van der Waals surface area contributed by atoms with Crippen LogP contribution in [-0.2, 0) is 79.9 Å². The third-order valence-corrected chi connectivity index (χ3v) is 18.8. The lowest BCUT2D eigenvalue weighted by Crippen LogP contribution is -2.33. The van der Waals surface area contributed by atoms with Crippen LogP contribution in [0.5, 0.6) is 0 Å². The Morgan fingerprint density at radius 2 is 0.712 bits per heavy atom. The number of rotatable bonds is 24. The molecule has 0 radical (unpaired) electrons. The quantitative estimate of drug-likeness (QED) is 0.0268. The van der Waals surface area contributed by atoms with Gasteiger partial charge in [0.05, 0.1) is 53.7 Å². The summed E-state index contributed by atoms with van der Waals surface area (Å²) in [7, 11) is -30.2. The van der Waals surface area contributed by atoms with E-state index in [1.807, 2.05) is 0 Å². The van der Waals surface area contributed by atoms with Crippen LogP contribution in [0.3, 0.4) is 0 Å². The average molecular weight is 1590 g/mol. The highest BCUT2D eigenvalue weighted by atomic mass is 35.5. The van der Waals surface area contributed by atoms with Crippen LogP contribution in [0.1, 0.15) is 0 Å². The maximum atomic E-state index is 13.5. The highest BCUT2D eigenvalue weighted by molar-refractivity contribution is 7.87. The Hall–Kier alpha value is -11.7. The summed E-state index contributed by atoms with van der Waals surface area (Å²) in [5.41, 5.74) is -5.62. The van der Waals surface area contributed by atoms with E-state index in [4.69, 9.17) is 23.2 Å². The molecule has 4 heterocycles. The van der Waals surface area contributed by atoms with Crippen LogP contribution in [-0.4, -0.2) is 171 Å². The van der Waals surface area contributed by atoms with Gasteiger partial charge in [-0.25, -0.2) is 14.4 Å². The van der Waals surface area contributed by atoms with Gasteiger partial charge in [-0.05, 0) is 145 Å². The van der Waals surface area contributed by atoms with E-state index in [0.717, 1.165) is 121 Å². The molecule has 0 bridgehead atoms. The lowest BCUT2D eigenvalue weighted by Gasteiger charge is -2.15. The number of anilines is 12. The van der Waals surface area contributed by atoms with E-state index in [-0.39, 0.29) is 34.1 Å². The SMILES string of the molecule is O=C(Nc1ccc(Nc2nc(Cl)nc(Nc3cc(N=NC4C(=O)N(c5ccc(S(=O)(=O)O)cc5)N=C4C(=O)O)cc(S(=O)(=O)O)c3)n2)cc1S(=O)(=O)O)Nc1ccc(Nc2nc(Cl)nc(Nc3cc(N=NC4C(=O)N(c5ccc(S(=O)(=O)O)cc5)N=C4C(=O)O)cc(S(=O)(=O)O)c3)n2)cc1S(=O)(=O)O. The van der Waals surface area contributed by atoms with Gasteiger partial charge in [-0.15, -0.1) is 0 Å². The number of aliphatic carboxylic acids is 2. The van der Waals surface area contributed by atoms with Crippen LogP contribution in [0.2, 0.25) is 10.6 Å². The fourth-order valence-corrected chi connectivity index (χ4v) is 12.5. The summed E-state index contributed by atoms with van der Waals surface area (Å²) in [4.78, 5) is 83.1. The number of nitrogens with zero attached hydrogens (tertiary/aromatic N) is 14. The molecular formula is C51H36Cl2N20O25S6. The van der Waals surface area contributed by atoms with Crippen molar-refractivity contribution in [1.29, 1.82) is 0 Å². The molecule has 0 saturated carbocycles. The van der Waals surface area contributed by atoms with Gasteiger partial charge in [0.25, 0.3) is 72.5 Å². The van der Waals surface area contributed by atoms with Crippen molar-refractivity contribution in [3.63, 3.8) is 0 Å². The standard InChI is InChI=1S/C51H36Cl2N20O25S6/c52-45-60-47(64-49(62-45)56-23-13-25(17-31(15-23)101(87,88)89)66-68-37-39(43(76)77)70-72(41(37)74)27-3-7-29(8-4-27)99(81,82)83)54-21-1-11-33(35(19-21)103(93,94)95)58-51(80)59-34-12-2-22(20-36(34)104(96,97)98)55-48-61-46(53)63-50(65-48)57-24-14-26(18-32(16-24)102(90,91)92)67-69-38-40(44(78)79)71-73(42(38)75)28-5-9-30(10-6-28)100(84,85)86/h1-20,37-38H,(H,76,77)(H,78,79)(H2,58,59,80)(H,81,82,83)(H,84,85,86)(H,87,88,89)(H,90,91,92)(H,93,94,95)(H,96,97,98)(H2,54,56,60,62,64)(H2,55,57,61,63,65). The molecule has 10 rings (SSSR count). The Bertz CT molecular complexity index is 5500. The van der Waals surface area contributed by atoms with E-state index in [1.54, 1.807) is 0 Å². The number of amides is 4. The Kier molecular flexibility index (Phi) is 20.6. The number of carboxylic acid groups (broad SMARTS) is 2. The molecule has 2 aliphatic heterocycles. The van der Waals surface area contributed by atoms with Crippen molar-refractivity contribution in [3.05, 3.63) is 132 Å². The van der Waals surface area contributed by atoms with Crippen molar-refractivity contribution in [2.75, 3.05) is 41.9 Å². The van der Waals surface area contributed by atoms with Gasteiger partial charge in [0.15, 0.2) is 11.4 Å². The summed E-state index contributed by atoms with van der Waals surface area (Å²) in [6, 6.07) is 12.8. The number of hydrogen-bond donors (Lipinski definition) is 14. The maximum Gasteiger partial charge on any atom is 0.355 e. The summed E-state index contributed by atoms with van der Waals surface area (Å²) >= 11 is 12.3. The summed E-state index contributed by atoms with van der Waals surface area (Å²) < 4.78 is 206. The van der Waals surface area contributed by atoms with Gasteiger partial charge < -0.3 is 42.1 Å². The number of hydrogen-bond acceptors (Lipinski definition) is 33. The second-order valence-corrected chi connectivity index (χ2v) is 29.5. The molecule has 14 N–H and O–H groups in total. The summed E-state index contributed by atoms with van der Waals surface area (Å²) in [5.74, 6) is -7.86. The molecule has 0 aliphatic carbocycles. The Morgan fingerprint density at radius 3 is 1.01 bits per heavy atom. The van der Waals surface area contributed by atoms with Gasteiger partial charge in [0.2, 0.25) is 46.4 Å². The predicted molar refractivity (Wildman–Crippen MR) is 355 cm³/mol. The lowest BCUT2D eigenvalue weighted by molar-refractivity contribution is -0.130. The molecule has 540 valence electrons. The highest BCUT2D eigenvalue weighted by Crippen LogP contribution is 2.35. The van der Waals surface area contributed by atoms with E-state index in [1.165, 1.54) is 0 Å². The summed E-state index contributed by atoms with van der Waals surface area (Å²) in [6.45, 7) is 0. The van der Waals surface area contributed by atoms with E-state index < -0.39 is 200 Å². The van der Waals surface area contributed by atoms with Crippen molar-refractivity contribution in [2.45, 2.75) is 41.5 Å². The van der Waals surface area contributed by atoms with Crippen LogP contribution in [0.15, 0.2) is 181 Å². The predicted octanol–water partition coefficient (Wildman–Crippen LogP) is 5.34. The Balaban J connectivity index is 0.823. The first-order chi connectivity index (χ1) is 48.4. The average Bonchev–Trinajstić information content (AvgIpc) is 1.33. The first-order valence-corrected chi connectivity index (χ1v) is 36.6. The van der Waals surface area contributed by atoms with Crippen molar-refractivity contribution in [2.24, 2.45) is 30.7 Å². The van der Waals surface area contributed by atoms with Gasteiger partial charge >= 0.3 is 18.0 Å². The molecule has 6 aromatic carbocycles. The number of aromatic nitrogens is 6. The molecule has 2 aliphatic rings. The van der Waals surface area contributed by atoms with E-state index in [0.29, 0.717) is 10.0 Å². The molecule has 2 unspecified atom stereocenters. The van der Waals surface area contributed by atoms with Gasteiger partial charge in [-0.2, -0.15) is 121 Å². The topological polar surface area (TPSA) is 682 Å². The monoisotopic (exact) mass is 1590 g/mol. The minimum Gasteiger partial charge on any atom is -0.477 e.